The molecule has 0 bridgehead atoms. The maximum Gasteiger partial charge on any atom is 0.480 e. The van der Waals surface area contributed by atoms with E-state index < -0.39 is 24.7 Å². The fraction of sp³-hybridized carbons (Fsp3) is 0.250. The van der Waals surface area contributed by atoms with E-state index >= 15 is 0 Å². The molecule has 2 rings (SSSR count). The van der Waals surface area contributed by atoms with Crippen LogP contribution in [0.2, 0.25) is 0 Å². The SMILES string of the molecule is CC1(C)OC(=O)c2c(F)ccc(/C=C\B(O)O)c2O1. The third-order valence-electron chi connectivity index (χ3n) is 2.48. The van der Waals surface area contributed by atoms with Gasteiger partial charge in [0, 0.05) is 19.4 Å². The molecule has 5 nitrogen and oxygen atoms in total. The lowest BCUT2D eigenvalue weighted by molar-refractivity contribution is -0.128. The second-order valence-corrected chi connectivity index (χ2v) is 4.50. The first-order chi connectivity index (χ1) is 8.80. The summed E-state index contributed by atoms with van der Waals surface area (Å²) in [6.07, 6.45) is 1.33. The van der Waals surface area contributed by atoms with E-state index in [-0.39, 0.29) is 11.3 Å². The molecule has 0 spiro atoms. The molecule has 0 aromatic heterocycles. The molecule has 1 aromatic rings. The van der Waals surface area contributed by atoms with Crippen LogP contribution in [0, 0.1) is 5.82 Å². The number of carbonyl (C=O) groups excluding carboxylic acids is 1. The molecule has 0 saturated heterocycles. The van der Waals surface area contributed by atoms with Crippen LogP contribution in [0.1, 0.15) is 29.8 Å². The first-order valence-electron chi connectivity index (χ1n) is 5.59. The molecule has 1 aromatic carbocycles. The number of rotatable bonds is 2. The maximum atomic E-state index is 13.6. The van der Waals surface area contributed by atoms with E-state index in [1.165, 1.54) is 26.0 Å². The number of hydrogen-bond acceptors (Lipinski definition) is 5. The first-order valence-corrected chi connectivity index (χ1v) is 5.59. The van der Waals surface area contributed by atoms with Crippen molar-refractivity contribution < 1.29 is 28.7 Å². The second kappa shape index (κ2) is 4.67. The predicted octanol–water partition coefficient (Wildman–Crippen LogP) is 1.14. The van der Waals surface area contributed by atoms with E-state index in [0.29, 0.717) is 5.56 Å². The zero-order valence-corrected chi connectivity index (χ0v) is 10.4. The van der Waals surface area contributed by atoms with Gasteiger partial charge in [0.05, 0.1) is 0 Å². The van der Waals surface area contributed by atoms with Crippen LogP contribution in [0.5, 0.6) is 5.75 Å². The number of cyclic esters (lactones) is 1. The quantitative estimate of drug-likeness (QED) is 0.620. The lowest BCUT2D eigenvalue weighted by Gasteiger charge is -2.32. The van der Waals surface area contributed by atoms with Crippen molar-refractivity contribution in [3.63, 3.8) is 0 Å². The highest BCUT2D eigenvalue weighted by Crippen LogP contribution is 2.36. The van der Waals surface area contributed by atoms with Crippen molar-refractivity contribution in [2.45, 2.75) is 19.6 Å². The fourth-order valence-corrected chi connectivity index (χ4v) is 1.74. The zero-order chi connectivity index (χ0) is 14.2. The molecule has 0 fully saturated rings. The normalized spacial score (nSPS) is 16.8. The average Bonchev–Trinajstić information content (AvgIpc) is 2.25. The van der Waals surface area contributed by atoms with E-state index in [9.17, 15) is 9.18 Å². The summed E-state index contributed by atoms with van der Waals surface area (Å²) in [7, 11) is -1.65. The molecule has 100 valence electrons. The number of fused-ring (bicyclic) bond motifs is 1. The van der Waals surface area contributed by atoms with E-state index in [0.717, 1.165) is 12.0 Å². The van der Waals surface area contributed by atoms with Crippen molar-refractivity contribution in [3.05, 3.63) is 35.1 Å². The Labute approximate surface area is 109 Å². The van der Waals surface area contributed by atoms with Crippen molar-refractivity contribution in [3.8, 4) is 5.75 Å². The molecule has 0 amide bonds. The van der Waals surface area contributed by atoms with Gasteiger partial charge in [-0.25, -0.2) is 9.18 Å². The summed E-state index contributed by atoms with van der Waals surface area (Å²) in [5.41, 5.74) is 0.0585. The monoisotopic (exact) mass is 266 g/mol. The molecule has 0 aliphatic carbocycles. The second-order valence-electron chi connectivity index (χ2n) is 4.50. The van der Waals surface area contributed by atoms with Gasteiger partial charge >= 0.3 is 13.1 Å². The zero-order valence-electron chi connectivity index (χ0n) is 10.4. The number of carbonyl (C=O) groups is 1. The van der Waals surface area contributed by atoms with E-state index in [1.54, 1.807) is 0 Å². The number of ether oxygens (including phenoxy) is 2. The Balaban J connectivity index is 2.55. The van der Waals surface area contributed by atoms with Crippen LogP contribution in [-0.4, -0.2) is 28.9 Å². The van der Waals surface area contributed by atoms with Crippen molar-refractivity contribution in [2.75, 3.05) is 0 Å². The van der Waals surface area contributed by atoms with Gasteiger partial charge in [-0.1, -0.05) is 12.1 Å². The minimum Gasteiger partial charge on any atom is -0.451 e. The average molecular weight is 266 g/mol. The maximum absolute atomic E-state index is 13.6. The molecule has 1 aliphatic rings. The summed E-state index contributed by atoms with van der Waals surface area (Å²) in [5.74, 6) is -1.68. The minimum atomic E-state index is -1.65. The van der Waals surface area contributed by atoms with Crippen LogP contribution >= 0.6 is 0 Å². The Morgan fingerprint density at radius 3 is 2.63 bits per heavy atom. The molecular formula is C12H12BFO5. The number of benzene rings is 1. The third kappa shape index (κ3) is 2.77. The van der Waals surface area contributed by atoms with Crippen LogP contribution in [-0.2, 0) is 4.74 Å². The predicted molar refractivity (Wildman–Crippen MR) is 65.7 cm³/mol. The first kappa shape index (κ1) is 13.6. The lowest BCUT2D eigenvalue weighted by atomic mass is 9.90. The highest BCUT2D eigenvalue weighted by Gasteiger charge is 2.37. The molecule has 0 saturated carbocycles. The van der Waals surface area contributed by atoms with Gasteiger partial charge in [0.2, 0.25) is 5.79 Å². The Morgan fingerprint density at radius 1 is 1.32 bits per heavy atom. The third-order valence-corrected chi connectivity index (χ3v) is 2.48. The van der Waals surface area contributed by atoms with Gasteiger partial charge in [-0.05, 0) is 12.1 Å². The lowest BCUT2D eigenvalue weighted by Crippen LogP contribution is -2.39. The molecule has 0 unspecified atom stereocenters. The van der Waals surface area contributed by atoms with Crippen LogP contribution in [0.4, 0.5) is 4.39 Å². The van der Waals surface area contributed by atoms with Crippen molar-refractivity contribution in [2.24, 2.45) is 0 Å². The van der Waals surface area contributed by atoms with Crippen LogP contribution < -0.4 is 4.74 Å². The summed E-state index contributed by atoms with van der Waals surface area (Å²) in [5, 5.41) is 17.6. The molecular weight excluding hydrogens is 254 g/mol. The molecule has 1 heterocycles. The largest absolute Gasteiger partial charge is 0.480 e. The van der Waals surface area contributed by atoms with Gasteiger partial charge in [-0.2, -0.15) is 0 Å². The summed E-state index contributed by atoms with van der Waals surface area (Å²) in [4.78, 5) is 11.7. The van der Waals surface area contributed by atoms with Crippen LogP contribution in [0.25, 0.3) is 6.08 Å². The van der Waals surface area contributed by atoms with E-state index in [1.807, 2.05) is 0 Å². The van der Waals surface area contributed by atoms with Gasteiger partial charge in [0.15, 0.2) is 0 Å². The van der Waals surface area contributed by atoms with E-state index in [4.69, 9.17) is 19.5 Å². The molecule has 1 aliphatic heterocycles. The van der Waals surface area contributed by atoms with Crippen LogP contribution in [0.15, 0.2) is 18.1 Å². The molecule has 7 heteroatoms. The van der Waals surface area contributed by atoms with E-state index in [2.05, 4.69) is 0 Å². The molecule has 2 N–H and O–H groups in total. The van der Waals surface area contributed by atoms with Crippen molar-refractivity contribution >= 4 is 19.2 Å². The minimum absolute atomic E-state index is 0.0261. The Morgan fingerprint density at radius 2 is 2.00 bits per heavy atom. The number of halogens is 1. The van der Waals surface area contributed by atoms with Gasteiger partial charge in [0.1, 0.15) is 17.1 Å². The number of hydrogen-bond donors (Lipinski definition) is 2. The standard InChI is InChI=1S/C12H12BFO5/c1-12(2)18-10-7(5-6-13(16)17)3-4-8(14)9(10)11(15)19-12/h3-6,16-17H,1-2H3/b6-5-. The topological polar surface area (TPSA) is 76.0 Å². The van der Waals surface area contributed by atoms with Crippen molar-refractivity contribution in [1.82, 2.24) is 0 Å². The summed E-state index contributed by atoms with van der Waals surface area (Å²) in [6, 6.07) is 2.47. The summed E-state index contributed by atoms with van der Waals surface area (Å²) >= 11 is 0. The van der Waals surface area contributed by atoms with Gasteiger partial charge in [0.25, 0.3) is 0 Å². The Hall–Kier alpha value is -1.86. The smallest absolute Gasteiger partial charge is 0.451 e. The Bertz CT molecular complexity index is 553. The van der Waals surface area contributed by atoms with Crippen LogP contribution in [0.3, 0.4) is 0 Å². The highest BCUT2D eigenvalue weighted by molar-refractivity contribution is 6.48. The molecule has 0 radical (unpaired) electrons. The highest BCUT2D eigenvalue weighted by atomic mass is 19.1. The van der Waals surface area contributed by atoms with Gasteiger partial charge < -0.3 is 19.5 Å². The molecule has 19 heavy (non-hydrogen) atoms. The Kier molecular flexibility index (Phi) is 3.34. The summed E-state index contributed by atoms with van der Waals surface area (Å²) in [6.45, 7) is 3.04. The molecule has 0 atom stereocenters. The fourth-order valence-electron chi connectivity index (χ4n) is 1.74. The number of esters is 1. The van der Waals surface area contributed by atoms with Gasteiger partial charge in [-0.3, -0.25) is 0 Å². The van der Waals surface area contributed by atoms with Crippen molar-refractivity contribution in [1.29, 1.82) is 0 Å². The summed E-state index contributed by atoms with van der Waals surface area (Å²) < 4.78 is 24.0. The van der Waals surface area contributed by atoms with Gasteiger partial charge in [-0.15, -0.1) is 0 Å².